The Morgan fingerprint density at radius 2 is 1.72 bits per heavy atom. The molecule has 2 unspecified atom stereocenters. The Morgan fingerprint density at radius 1 is 1.17 bits per heavy atom. The molecule has 0 bridgehead atoms. The molecule has 2 nitrogen and oxygen atoms in total. The third-order valence-corrected chi connectivity index (χ3v) is 3.70. The van der Waals surface area contributed by atoms with E-state index in [2.05, 4.69) is 45.0 Å². The summed E-state index contributed by atoms with van der Waals surface area (Å²) < 4.78 is 0. The minimum atomic E-state index is 0.275. The molecule has 2 atom stereocenters. The van der Waals surface area contributed by atoms with E-state index in [1.807, 2.05) is 4.90 Å². The van der Waals surface area contributed by atoms with E-state index in [0.29, 0.717) is 18.3 Å². The molecule has 1 amide bonds. The molecule has 2 heteroatoms. The maximum Gasteiger partial charge on any atom is 0.227 e. The van der Waals surface area contributed by atoms with E-state index in [-0.39, 0.29) is 5.91 Å². The maximum absolute atomic E-state index is 12.3. The van der Waals surface area contributed by atoms with Crippen LogP contribution in [-0.4, -0.2) is 23.9 Å². The zero-order chi connectivity index (χ0) is 13.1. The van der Waals surface area contributed by atoms with Crippen molar-refractivity contribution in [3.63, 3.8) is 0 Å². The lowest BCUT2D eigenvalue weighted by Crippen LogP contribution is -2.43. The van der Waals surface area contributed by atoms with Crippen LogP contribution in [0, 0.1) is 18.8 Å². The second-order valence-corrected chi connectivity index (χ2v) is 5.91. The summed E-state index contributed by atoms with van der Waals surface area (Å²) in [5.74, 6) is 1.55. The Kier molecular flexibility index (Phi) is 4.05. The molecule has 0 N–H and O–H groups in total. The van der Waals surface area contributed by atoms with Gasteiger partial charge in [-0.15, -0.1) is 0 Å². The fourth-order valence-electron chi connectivity index (χ4n) is 2.86. The highest BCUT2D eigenvalue weighted by Crippen LogP contribution is 2.21. The van der Waals surface area contributed by atoms with Gasteiger partial charge in [0, 0.05) is 13.1 Å². The lowest BCUT2D eigenvalue weighted by Gasteiger charge is -2.35. The van der Waals surface area contributed by atoms with Crippen molar-refractivity contribution >= 4 is 5.91 Å². The van der Waals surface area contributed by atoms with Crippen LogP contribution in [0.2, 0.25) is 0 Å². The smallest absolute Gasteiger partial charge is 0.227 e. The second kappa shape index (κ2) is 5.55. The van der Waals surface area contributed by atoms with Crippen LogP contribution in [0.4, 0.5) is 0 Å². The van der Waals surface area contributed by atoms with Crippen LogP contribution >= 0.6 is 0 Å². The number of hydrogen-bond donors (Lipinski definition) is 0. The SMILES string of the molecule is Cc1ccc(CC(=O)N2CC(C)CC(C)C2)cc1. The van der Waals surface area contributed by atoms with Gasteiger partial charge in [-0.3, -0.25) is 4.79 Å². The van der Waals surface area contributed by atoms with Crippen LogP contribution in [-0.2, 0) is 11.2 Å². The van der Waals surface area contributed by atoms with Crippen LogP contribution in [0.5, 0.6) is 0 Å². The summed E-state index contributed by atoms with van der Waals surface area (Å²) in [5, 5.41) is 0. The molecule has 1 aromatic rings. The van der Waals surface area contributed by atoms with Gasteiger partial charge >= 0.3 is 0 Å². The molecule has 0 spiro atoms. The van der Waals surface area contributed by atoms with Gasteiger partial charge in [0.05, 0.1) is 6.42 Å². The van der Waals surface area contributed by atoms with Crippen molar-refractivity contribution in [1.29, 1.82) is 0 Å². The van der Waals surface area contributed by atoms with Gasteiger partial charge < -0.3 is 4.90 Å². The van der Waals surface area contributed by atoms with Crippen molar-refractivity contribution in [1.82, 2.24) is 4.90 Å². The number of carbonyl (C=O) groups is 1. The van der Waals surface area contributed by atoms with Gasteiger partial charge in [-0.1, -0.05) is 43.7 Å². The maximum atomic E-state index is 12.3. The Labute approximate surface area is 110 Å². The van der Waals surface area contributed by atoms with Crippen molar-refractivity contribution in [3.8, 4) is 0 Å². The molecule has 0 saturated carbocycles. The lowest BCUT2D eigenvalue weighted by atomic mass is 9.91. The quantitative estimate of drug-likeness (QED) is 0.784. The molecule has 18 heavy (non-hydrogen) atoms. The van der Waals surface area contributed by atoms with Gasteiger partial charge in [-0.05, 0) is 30.7 Å². The fourth-order valence-corrected chi connectivity index (χ4v) is 2.86. The van der Waals surface area contributed by atoms with Crippen LogP contribution < -0.4 is 0 Å². The predicted molar refractivity (Wildman–Crippen MR) is 74.4 cm³/mol. The summed E-state index contributed by atoms with van der Waals surface area (Å²) in [5.41, 5.74) is 2.36. The number of amides is 1. The first kappa shape index (κ1) is 13.1. The molecule has 1 aromatic carbocycles. The van der Waals surface area contributed by atoms with Gasteiger partial charge in [-0.2, -0.15) is 0 Å². The minimum Gasteiger partial charge on any atom is -0.342 e. The van der Waals surface area contributed by atoms with E-state index in [1.54, 1.807) is 0 Å². The third-order valence-electron chi connectivity index (χ3n) is 3.70. The summed E-state index contributed by atoms with van der Waals surface area (Å²) in [6.07, 6.45) is 1.79. The van der Waals surface area contributed by atoms with Gasteiger partial charge in [0.1, 0.15) is 0 Å². The van der Waals surface area contributed by atoms with E-state index in [4.69, 9.17) is 0 Å². The Bertz CT molecular complexity index is 400. The Morgan fingerprint density at radius 3 is 2.28 bits per heavy atom. The first-order valence-electron chi connectivity index (χ1n) is 6.88. The average molecular weight is 245 g/mol. The standard InChI is InChI=1S/C16H23NO/c1-12-4-6-15(7-5-12)9-16(18)17-10-13(2)8-14(3)11-17/h4-7,13-14H,8-11H2,1-3H3. The highest BCUT2D eigenvalue weighted by molar-refractivity contribution is 5.78. The zero-order valence-corrected chi connectivity index (χ0v) is 11.6. The topological polar surface area (TPSA) is 20.3 Å². The molecule has 1 aliphatic heterocycles. The van der Waals surface area contributed by atoms with Gasteiger partial charge in [0.25, 0.3) is 0 Å². The first-order valence-corrected chi connectivity index (χ1v) is 6.88. The summed E-state index contributed by atoms with van der Waals surface area (Å²) in [4.78, 5) is 14.3. The highest BCUT2D eigenvalue weighted by atomic mass is 16.2. The van der Waals surface area contributed by atoms with Crippen molar-refractivity contribution in [2.75, 3.05) is 13.1 Å². The largest absolute Gasteiger partial charge is 0.342 e. The molecule has 1 aliphatic rings. The van der Waals surface area contributed by atoms with Crippen LogP contribution in [0.15, 0.2) is 24.3 Å². The normalized spacial score (nSPS) is 24.1. The summed E-state index contributed by atoms with van der Waals surface area (Å²) in [6.45, 7) is 8.40. The average Bonchev–Trinajstić information content (AvgIpc) is 2.31. The Hall–Kier alpha value is -1.31. The van der Waals surface area contributed by atoms with Crippen molar-refractivity contribution in [3.05, 3.63) is 35.4 Å². The van der Waals surface area contributed by atoms with E-state index in [1.165, 1.54) is 12.0 Å². The first-order chi connectivity index (χ1) is 8.54. The number of benzene rings is 1. The molecular weight excluding hydrogens is 222 g/mol. The number of piperidine rings is 1. The number of rotatable bonds is 2. The van der Waals surface area contributed by atoms with Crippen molar-refractivity contribution in [2.45, 2.75) is 33.6 Å². The highest BCUT2D eigenvalue weighted by Gasteiger charge is 2.25. The zero-order valence-electron chi connectivity index (χ0n) is 11.6. The second-order valence-electron chi connectivity index (χ2n) is 5.91. The molecule has 1 saturated heterocycles. The summed E-state index contributed by atoms with van der Waals surface area (Å²) in [7, 11) is 0. The van der Waals surface area contributed by atoms with Gasteiger partial charge in [0.2, 0.25) is 5.91 Å². The van der Waals surface area contributed by atoms with E-state index in [0.717, 1.165) is 18.7 Å². The number of aryl methyl sites for hydroxylation is 1. The number of hydrogen-bond acceptors (Lipinski definition) is 1. The lowest BCUT2D eigenvalue weighted by molar-refractivity contribution is -0.133. The van der Waals surface area contributed by atoms with Crippen LogP contribution in [0.25, 0.3) is 0 Å². The molecular formula is C16H23NO. The molecule has 0 radical (unpaired) electrons. The number of likely N-dealkylation sites (tertiary alicyclic amines) is 1. The molecule has 0 aromatic heterocycles. The van der Waals surface area contributed by atoms with Crippen LogP contribution in [0.1, 0.15) is 31.4 Å². The monoisotopic (exact) mass is 245 g/mol. The molecule has 0 aliphatic carbocycles. The van der Waals surface area contributed by atoms with E-state index >= 15 is 0 Å². The van der Waals surface area contributed by atoms with Gasteiger partial charge in [-0.25, -0.2) is 0 Å². The predicted octanol–water partition coefficient (Wildman–Crippen LogP) is 3.04. The number of nitrogens with zero attached hydrogens (tertiary/aromatic N) is 1. The Balaban J connectivity index is 1.97. The number of carbonyl (C=O) groups excluding carboxylic acids is 1. The van der Waals surface area contributed by atoms with Crippen molar-refractivity contribution < 1.29 is 4.79 Å². The molecule has 1 fully saturated rings. The van der Waals surface area contributed by atoms with E-state index in [9.17, 15) is 4.79 Å². The molecule has 98 valence electrons. The summed E-state index contributed by atoms with van der Waals surface area (Å²) in [6, 6.07) is 8.27. The van der Waals surface area contributed by atoms with E-state index < -0.39 is 0 Å². The molecule has 1 heterocycles. The summed E-state index contributed by atoms with van der Waals surface area (Å²) >= 11 is 0. The fraction of sp³-hybridized carbons (Fsp3) is 0.562. The third kappa shape index (κ3) is 3.34. The van der Waals surface area contributed by atoms with Gasteiger partial charge in [0.15, 0.2) is 0 Å². The van der Waals surface area contributed by atoms with Crippen LogP contribution in [0.3, 0.4) is 0 Å². The molecule has 2 rings (SSSR count). The minimum absolute atomic E-state index is 0.275. The van der Waals surface area contributed by atoms with Crippen molar-refractivity contribution in [2.24, 2.45) is 11.8 Å².